The molecule has 3 heterocycles. The maximum atomic E-state index is 12.8. The quantitative estimate of drug-likeness (QED) is 0.820. The van der Waals surface area contributed by atoms with Gasteiger partial charge >= 0.3 is 0 Å². The van der Waals surface area contributed by atoms with Crippen LogP contribution in [0.3, 0.4) is 0 Å². The summed E-state index contributed by atoms with van der Waals surface area (Å²) in [5.74, 6) is 1.03. The second-order valence-electron chi connectivity index (χ2n) is 6.19. The van der Waals surface area contributed by atoms with Gasteiger partial charge in [0.15, 0.2) is 0 Å². The van der Waals surface area contributed by atoms with Crippen molar-refractivity contribution >= 4 is 16.0 Å². The van der Waals surface area contributed by atoms with Gasteiger partial charge in [-0.3, -0.25) is 4.98 Å². The highest BCUT2D eigenvalue weighted by atomic mass is 32.2. The van der Waals surface area contributed by atoms with E-state index in [9.17, 15) is 8.42 Å². The van der Waals surface area contributed by atoms with Crippen LogP contribution in [0.4, 0.5) is 5.82 Å². The summed E-state index contributed by atoms with van der Waals surface area (Å²) in [6, 6.07) is 0. The summed E-state index contributed by atoms with van der Waals surface area (Å²) in [4.78, 5) is 8.68. The molecule has 0 radical (unpaired) electrons. The second kappa shape index (κ2) is 7.73. The van der Waals surface area contributed by atoms with Crippen LogP contribution in [-0.4, -0.2) is 73.4 Å². The molecule has 0 saturated carbocycles. The van der Waals surface area contributed by atoms with Crippen LogP contribution in [0.1, 0.15) is 18.5 Å². The summed E-state index contributed by atoms with van der Waals surface area (Å²) in [5, 5.41) is 3.05. The van der Waals surface area contributed by atoms with E-state index in [2.05, 4.69) is 15.3 Å². The monoisotopic (exact) mass is 355 g/mol. The van der Waals surface area contributed by atoms with Crippen molar-refractivity contribution in [2.24, 2.45) is 5.92 Å². The summed E-state index contributed by atoms with van der Waals surface area (Å²) in [7, 11) is -1.57. The van der Waals surface area contributed by atoms with Crippen LogP contribution in [0.25, 0.3) is 0 Å². The molecule has 1 N–H and O–H groups in total. The minimum Gasteiger partial charge on any atom is -0.379 e. The van der Waals surface area contributed by atoms with E-state index in [-0.39, 0.29) is 5.92 Å². The Morgan fingerprint density at radius 2 is 1.96 bits per heavy atom. The zero-order chi connectivity index (χ0) is 17.0. The van der Waals surface area contributed by atoms with Gasteiger partial charge in [-0.2, -0.15) is 17.0 Å². The fourth-order valence-corrected chi connectivity index (χ4v) is 5.04. The zero-order valence-electron chi connectivity index (χ0n) is 14.0. The van der Waals surface area contributed by atoms with Crippen molar-refractivity contribution < 1.29 is 13.2 Å². The molecule has 2 aliphatic heterocycles. The van der Waals surface area contributed by atoms with Crippen molar-refractivity contribution in [1.82, 2.24) is 18.6 Å². The van der Waals surface area contributed by atoms with E-state index >= 15 is 0 Å². The number of nitrogens with one attached hydrogen (secondary N) is 1. The van der Waals surface area contributed by atoms with Crippen molar-refractivity contribution in [3.63, 3.8) is 0 Å². The molecule has 8 nitrogen and oxygen atoms in total. The van der Waals surface area contributed by atoms with Gasteiger partial charge in [-0.1, -0.05) is 0 Å². The van der Waals surface area contributed by atoms with Crippen LogP contribution < -0.4 is 5.32 Å². The van der Waals surface area contributed by atoms with Crippen molar-refractivity contribution in [3.8, 4) is 0 Å². The van der Waals surface area contributed by atoms with Gasteiger partial charge in [-0.15, -0.1) is 0 Å². The fourth-order valence-electron chi connectivity index (χ4n) is 3.34. The highest BCUT2D eigenvalue weighted by Gasteiger charge is 2.34. The van der Waals surface area contributed by atoms with Gasteiger partial charge in [0.2, 0.25) is 0 Å². The molecule has 0 unspecified atom stereocenters. The van der Waals surface area contributed by atoms with Gasteiger partial charge in [-0.05, 0) is 25.2 Å². The lowest BCUT2D eigenvalue weighted by atomic mass is 9.94. The van der Waals surface area contributed by atoms with E-state index in [0.29, 0.717) is 39.4 Å². The number of anilines is 1. The van der Waals surface area contributed by atoms with Crippen molar-refractivity contribution in [2.75, 3.05) is 51.8 Å². The predicted molar refractivity (Wildman–Crippen MR) is 90.9 cm³/mol. The molecule has 2 saturated heterocycles. The minimum atomic E-state index is -3.39. The Kier molecular flexibility index (Phi) is 5.65. The first-order valence-electron chi connectivity index (χ1n) is 8.42. The molecule has 2 aliphatic rings. The first-order chi connectivity index (χ1) is 11.6. The third-order valence-corrected chi connectivity index (χ3v) is 6.60. The summed E-state index contributed by atoms with van der Waals surface area (Å²) in [5.41, 5.74) is 0.899. The van der Waals surface area contributed by atoms with Gasteiger partial charge in [-0.25, -0.2) is 4.98 Å². The Bertz CT molecular complexity index is 648. The number of hydrogen-bond acceptors (Lipinski definition) is 6. The standard InChI is InChI=1S/C15H25N5O3S/c1-16-15-14(17-4-5-18-15)11-13-3-2-6-20(12-13)24(21,22)19-7-9-23-10-8-19/h4-5,13H,2-3,6-12H2,1H3,(H,16,18)/t13-/m1/s1. The van der Waals surface area contributed by atoms with Crippen LogP contribution in [-0.2, 0) is 21.4 Å². The largest absolute Gasteiger partial charge is 0.379 e. The number of morpholine rings is 1. The molecule has 0 aromatic carbocycles. The van der Waals surface area contributed by atoms with Gasteiger partial charge < -0.3 is 10.1 Å². The average Bonchev–Trinajstić information content (AvgIpc) is 2.63. The number of aromatic nitrogens is 2. The average molecular weight is 355 g/mol. The van der Waals surface area contributed by atoms with Crippen LogP contribution in [0.5, 0.6) is 0 Å². The smallest absolute Gasteiger partial charge is 0.282 e. The molecule has 0 spiro atoms. The molecule has 0 aliphatic carbocycles. The lowest BCUT2D eigenvalue weighted by Gasteiger charge is -2.36. The Morgan fingerprint density at radius 1 is 1.21 bits per heavy atom. The van der Waals surface area contributed by atoms with Crippen LogP contribution in [0, 0.1) is 5.92 Å². The van der Waals surface area contributed by atoms with Gasteiger partial charge in [0.1, 0.15) is 5.82 Å². The maximum Gasteiger partial charge on any atom is 0.282 e. The zero-order valence-corrected chi connectivity index (χ0v) is 14.8. The van der Waals surface area contributed by atoms with Crippen molar-refractivity contribution in [2.45, 2.75) is 19.3 Å². The fraction of sp³-hybridized carbons (Fsp3) is 0.733. The molecular weight excluding hydrogens is 330 g/mol. The van der Waals surface area contributed by atoms with Gasteiger partial charge in [0.25, 0.3) is 10.2 Å². The molecule has 1 aromatic heterocycles. The van der Waals surface area contributed by atoms with E-state index in [1.165, 1.54) is 0 Å². The number of hydrogen-bond donors (Lipinski definition) is 1. The van der Waals surface area contributed by atoms with Crippen LogP contribution in [0.15, 0.2) is 12.4 Å². The minimum absolute atomic E-state index is 0.262. The van der Waals surface area contributed by atoms with E-state index in [1.807, 2.05) is 7.05 Å². The lowest BCUT2D eigenvalue weighted by molar-refractivity contribution is 0.0691. The molecule has 1 atom stereocenters. The van der Waals surface area contributed by atoms with E-state index in [1.54, 1.807) is 21.0 Å². The third kappa shape index (κ3) is 3.85. The third-order valence-electron chi connectivity index (χ3n) is 4.60. The number of nitrogens with zero attached hydrogens (tertiary/aromatic N) is 4. The van der Waals surface area contributed by atoms with E-state index < -0.39 is 10.2 Å². The lowest BCUT2D eigenvalue weighted by Crippen LogP contribution is -2.51. The Labute approximate surface area is 143 Å². The number of ether oxygens (including phenoxy) is 1. The molecule has 1 aromatic rings. The molecule has 3 rings (SSSR count). The van der Waals surface area contributed by atoms with E-state index in [4.69, 9.17) is 4.74 Å². The molecule has 0 amide bonds. The van der Waals surface area contributed by atoms with Crippen molar-refractivity contribution in [3.05, 3.63) is 18.1 Å². The summed E-state index contributed by atoms with van der Waals surface area (Å²) < 4.78 is 34.1. The topological polar surface area (TPSA) is 87.7 Å². The molecule has 134 valence electrons. The van der Waals surface area contributed by atoms with Crippen molar-refractivity contribution in [1.29, 1.82) is 0 Å². The maximum absolute atomic E-state index is 12.8. The highest BCUT2D eigenvalue weighted by molar-refractivity contribution is 7.86. The van der Waals surface area contributed by atoms with E-state index in [0.717, 1.165) is 30.8 Å². The molecule has 9 heteroatoms. The summed E-state index contributed by atoms with van der Waals surface area (Å²) in [6.45, 7) is 2.97. The second-order valence-corrected chi connectivity index (χ2v) is 8.12. The highest BCUT2D eigenvalue weighted by Crippen LogP contribution is 2.25. The number of rotatable bonds is 5. The molecule has 24 heavy (non-hydrogen) atoms. The summed E-state index contributed by atoms with van der Waals surface area (Å²) >= 11 is 0. The normalized spacial score (nSPS) is 24.0. The summed E-state index contributed by atoms with van der Waals surface area (Å²) in [6.07, 6.45) is 5.96. The molecule has 0 bridgehead atoms. The first-order valence-corrected chi connectivity index (χ1v) is 9.81. The Morgan fingerprint density at radius 3 is 2.71 bits per heavy atom. The van der Waals surface area contributed by atoms with Crippen LogP contribution in [0.2, 0.25) is 0 Å². The Hall–Kier alpha value is -1.29. The number of piperidine rings is 1. The Balaban J connectivity index is 1.67. The molecule has 2 fully saturated rings. The van der Waals surface area contributed by atoms with Gasteiger partial charge in [0, 0.05) is 45.6 Å². The van der Waals surface area contributed by atoms with Gasteiger partial charge in [0.05, 0.1) is 18.9 Å². The predicted octanol–water partition coefficient (Wildman–Crippen LogP) is 0.350. The SMILES string of the molecule is CNc1nccnc1C[C@H]1CCCN(S(=O)(=O)N2CCOCC2)C1. The first kappa shape index (κ1) is 17.5. The molecular formula is C15H25N5O3S. The van der Waals surface area contributed by atoms with Crippen LogP contribution >= 0.6 is 0 Å².